The highest BCUT2D eigenvalue weighted by atomic mass is 16.5. The minimum absolute atomic E-state index is 0.270. The van der Waals surface area contributed by atoms with Crippen LogP contribution in [-0.4, -0.2) is 36.0 Å². The van der Waals surface area contributed by atoms with Crippen LogP contribution in [0.25, 0.3) is 0 Å². The summed E-state index contributed by atoms with van der Waals surface area (Å²) in [4.78, 5) is 0. The van der Waals surface area contributed by atoms with E-state index in [1.54, 1.807) is 6.92 Å². The fourth-order valence-electron chi connectivity index (χ4n) is 1.64. The van der Waals surface area contributed by atoms with Gasteiger partial charge in [0.1, 0.15) is 0 Å². The Morgan fingerprint density at radius 2 is 2.25 bits per heavy atom. The van der Waals surface area contributed by atoms with Crippen LogP contribution in [0.2, 0.25) is 0 Å². The van der Waals surface area contributed by atoms with Crippen LogP contribution in [0.5, 0.6) is 0 Å². The van der Waals surface area contributed by atoms with E-state index in [2.05, 4.69) is 19.2 Å². The molecule has 1 fully saturated rings. The summed E-state index contributed by atoms with van der Waals surface area (Å²) in [5.74, 6) is 0. The van der Waals surface area contributed by atoms with Crippen LogP contribution in [0, 0.1) is 0 Å². The van der Waals surface area contributed by atoms with E-state index in [4.69, 9.17) is 9.84 Å². The van der Waals surface area contributed by atoms with Gasteiger partial charge in [-0.3, -0.25) is 0 Å². The maximum Gasteiger partial charge on any atom is 0.0704 e. The van der Waals surface area contributed by atoms with Crippen LogP contribution in [0.1, 0.15) is 27.2 Å². The second-order valence-corrected chi connectivity index (χ2v) is 3.75. The zero-order valence-electron chi connectivity index (χ0n) is 8.08. The van der Waals surface area contributed by atoms with E-state index in [9.17, 15) is 0 Å². The summed E-state index contributed by atoms with van der Waals surface area (Å²) in [5, 5.41) is 12.3. The Morgan fingerprint density at radius 3 is 2.67 bits per heavy atom. The molecule has 12 heavy (non-hydrogen) atoms. The maximum absolute atomic E-state index is 9.06. The minimum atomic E-state index is -0.270. The van der Waals surface area contributed by atoms with E-state index in [-0.39, 0.29) is 12.2 Å². The Kier molecular flexibility index (Phi) is 3.50. The molecule has 3 heteroatoms. The number of ether oxygens (including phenoxy) is 1. The summed E-state index contributed by atoms with van der Waals surface area (Å²) in [6.07, 6.45) is 1.41. The maximum atomic E-state index is 9.06. The Bertz CT molecular complexity index is 138. The molecule has 3 nitrogen and oxygen atoms in total. The van der Waals surface area contributed by atoms with E-state index >= 15 is 0 Å². The smallest absolute Gasteiger partial charge is 0.0704 e. The molecule has 0 aromatic heterocycles. The molecule has 0 aromatic carbocycles. The van der Waals surface area contributed by atoms with Crippen molar-refractivity contribution in [3.63, 3.8) is 0 Å². The van der Waals surface area contributed by atoms with Gasteiger partial charge in [-0.05, 0) is 27.2 Å². The van der Waals surface area contributed by atoms with Gasteiger partial charge in [-0.2, -0.15) is 0 Å². The molecule has 0 radical (unpaired) electrons. The van der Waals surface area contributed by atoms with Crippen molar-refractivity contribution in [3.05, 3.63) is 0 Å². The highest BCUT2D eigenvalue weighted by molar-refractivity contribution is 4.83. The molecule has 0 amide bonds. The third-order valence-electron chi connectivity index (χ3n) is 2.27. The van der Waals surface area contributed by atoms with Gasteiger partial charge in [-0.15, -0.1) is 0 Å². The van der Waals surface area contributed by atoms with Gasteiger partial charge in [0.15, 0.2) is 0 Å². The summed E-state index contributed by atoms with van der Waals surface area (Å²) in [7, 11) is 0. The molecular formula is C9H19NO2. The third-order valence-corrected chi connectivity index (χ3v) is 2.27. The van der Waals surface area contributed by atoms with Gasteiger partial charge in [0.05, 0.1) is 18.3 Å². The largest absolute Gasteiger partial charge is 0.392 e. The molecule has 4 atom stereocenters. The molecule has 0 aliphatic carbocycles. The molecule has 1 heterocycles. The highest BCUT2D eigenvalue weighted by Crippen LogP contribution is 2.19. The number of nitrogens with one attached hydrogen (secondary N) is 1. The fourth-order valence-corrected chi connectivity index (χ4v) is 1.64. The number of hydrogen-bond donors (Lipinski definition) is 2. The predicted octanol–water partition coefficient (Wildman–Crippen LogP) is 0.523. The summed E-state index contributed by atoms with van der Waals surface area (Å²) < 4.78 is 5.56. The summed E-state index contributed by atoms with van der Waals surface area (Å²) in [6, 6.07) is 0.412. The summed E-state index contributed by atoms with van der Waals surface area (Å²) in [6.45, 7) is 6.60. The van der Waals surface area contributed by atoms with Crippen LogP contribution < -0.4 is 5.32 Å². The number of aliphatic hydroxyl groups excluding tert-OH is 1. The van der Waals surface area contributed by atoms with Gasteiger partial charge in [0.25, 0.3) is 0 Å². The molecule has 1 saturated heterocycles. The lowest BCUT2D eigenvalue weighted by Gasteiger charge is -2.16. The van der Waals surface area contributed by atoms with Crippen molar-refractivity contribution in [2.75, 3.05) is 6.54 Å². The van der Waals surface area contributed by atoms with Crippen molar-refractivity contribution in [2.24, 2.45) is 0 Å². The van der Waals surface area contributed by atoms with E-state index in [1.807, 2.05) is 0 Å². The lowest BCUT2D eigenvalue weighted by molar-refractivity contribution is 0.0593. The van der Waals surface area contributed by atoms with Crippen LogP contribution in [-0.2, 0) is 4.74 Å². The van der Waals surface area contributed by atoms with Crippen molar-refractivity contribution in [2.45, 2.75) is 51.5 Å². The second-order valence-electron chi connectivity index (χ2n) is 3.75. The predicted molar refractivity (Wildman–Crippen MR) is 48.1 cm³/mol. The Hall–Kier alpha value is -0.120. The van der Waals surface area contributed by atoms with Crippen molar-refractivity contribution in [1.29, 1.82) is 0 Å². The second kappa shape index (κ2) is 4.21. The van der Waals surface area contributed by atoms with Gasteiger partial charge in [0.2, 0.25) is 0 Å². The SMILES string of the molecule is CC1CC(NC[C@H](C)O)C(C)O1. The van der Waals surface area contributed by atoms with Crippen LogP contribution in [0.4, 0.5) is 0 Å². The number of hydrogen-bond acceptors (Lipinski definition) is 3. The lowest BCUT2D eigenvalue weighted by Crippen LogP contribution is -2.38. The topological polar surface area (TPSA) is 41.5 Å². The van der Waals surface area contributed by atoms with Crippen LogP contribution in [0.15, 0.2) is 0 Å². The van der Waals surface area contributed by atoms with E-state index in [1.165, 1.54) is 0 Å². The molecule has 0 spiro atoms. The lowest BCUT2D eigenvalue weighted by atomic mass is 10.1. The average Bonchev–Trinajstić information content (AvgIpc) is 2.26. The van der Waals surface area contributed by atoms with E-state index in [0.29, 0.717) is 18.7 Å². The summed E-state index contributed by atoms with van der Waals surface area (Å²) >= 11 is 0. The number of aliphatic hydroxyl groups is 1. The molecule has 72 valence electrons. The standard InChI is InChI=1S/C9H19NO2/c1-6(11)5-10-9-4-7(2)12-8(9)3/h6-11H,4-5H2,1-3H3/t6-,7?,8?,9?/m0/s1. The first-order valence-electron chi connectivity index (χ1n) is 4.66. The molecule has 0 aromatic rings. The zero-order valence-corrected chi connectivity index (χ0v) is 8.08. The zero-order chi connectivity index (χ0) is 9.14. The third kappa shape index (κ3) is 2.73. The fraction of sp³-hybridized carbons (Fsp3) is 1.00. The normalized spacial score (nSPS) is 38.5. The van der Waals surface area contributed by atoms with Crippen molar-refractivity contribution in [3.8, 4) is 0 Å². The minimum Gasteiger partial charge on any atom is -0.392 e. The van der Waals surface area contributed by atoms with Gasteiger partial charge >= 0.3 is 0 Å². The van der Waals surface area contributed by atoms with Gasteiger partial charge in [0, 0.05) is 12.6 Å². The Morgan fingerprint density at radius 1 is 1.58 bits per heavy atom. The average molecular weight is 173 g/mol. The Labute approximate surface area is 74.1 Å². The van der Waals surface area contributed by atoms with Gasteiger partial charge in [-0.1, -0.05) is 0 Å². The summed E-state index contributed by atoms with van der Waals surface area (Å²) in [5.41, 5.74) is 0. The van der Waals surface area contributed by atoms with Crippen LogP contribution in [0.3, 0.4) is 0 Å². The van der Waals surface area contributed by atoms with Crippen molar-refractivity contribution in [1.82, 2.24) is 5.32 Å². The monoisotopic (exact) mass is 173 g/mol. The molecule has 1 aliphatic rings. The molecule has 1 aliphatic heterocycles. The van der Waals surface area contributed by atoms with Crippen molar-refractivity contribution >= 4 is 0 Å². The first-order valence-corrected chi connectivity index (χ1v) is 4.66. The van der Waals surface area contributed by atoms with Gasteiger partial charge in [-0.25, -0.2) is 0 Å². The Balaban J connectivity index is 2.23. The molecular weight excluding hydrogens is 154 g/mol. The molecule has 3 unspecified atom stereocenters. The van der Waals surface area contributed by atoms with Gasteiger partial charge < -0.3 is 15.2 Å². The van der Waals surface area contributed by atoms with E-state index in [0.717, 1.165) is 6.42 Å². The first-order chi connectivity index (χ1) is 5.59. The van der Waals surface area contributed by atoms with Crippen LogP contribution >= 0.6 is 0 Å². The molecule has 1 rings (SSSR count). The molecule has 0 saturated carbocycles. The quantitative estimate of drug-likeness (QED) is 0.654. The number of rotatable bonds is 3. The highest BCUT2D eigenvalue weighted by Gasteiger charge is 2.28. The van der Waals surface area contributed by atoms with Crippen molar-refractivity contribution < 1.29 is 9.84 Å². The molecule has 2 N–H and O–H groups in total. The van der Waals surface area contributed by atoms with E-state index < -0.39 is 0 Å². The molecule has 0 bridgehead atoms. The first kappa shape index (κ1) is 9.96.